The molecule has 100 valence electrons. The molecule has 0 bridgehead atoms. The number of ether oxygens (including phenoxy) is 1. The van der Waals surface area contributed by atoms with Crippen LogP contribution in [0.3, 0.4) is 0 Å². The molecule has 0 N–H and O–H groups in total. The second-order valence-corrected chi connectivity index (χ2v) is 4.40. The molecule has 0 amide bonds. The molecule has 1 aromatic rings. The van der Waals surface area contributed by atoms with E-state index in [0.29, 0.717) is 12.3 Å². The first-order valence-electron chi connectivity index (χ1n) is 5.67. The maximum atomic E-state index is 12.2. The van der Waals surface area contributed by atoms with Gasteiger partial charge in [0.05, 0.1) is 5.56 Å². The lowest BCUT2D eigenvalue weighted by molar-refractivity contribution is -0.274. The zero-order valence-electron chi connectivity index (χ0n) is 10.3. The molecule has 5 heteroatoms. The molecule has 0 spiro atoms. The van der Waals surface area contributed by atoms with Crippen molar-refractivity contribution in [3.05, 3.63) is 29.8 Å². The van der Waals surface area contributed by atoms with E-state index in [1.54, 1.807) is 0 Å². The summed E-state index contributed by atoms with van der Waals surface area (Å²) >= 11 is 0. The Morgan fingerprint density at radius 3 is 2.44 bits per heavy atom. The molecule has 0 unspecified atom stereocenters. The highest BCUT2D eigenvalue weighted by Crippen LogP contribution is 2.27. The van der Waals surface area contributed by atoms with Crippen LogP contribution in [-0.4, -0.2) is 12.1 Å². The molecule has 0 radical (unpaired) electrons. The van der Waals surface area contributed by atoms with Crippen molar-refractivity contribution in [3.8, 4) is 5.75 Å². The van der Waals surface area contributed by atoms with Crippen LogP contribution in [0.2, 0.25) is 0 Å². The molecule has 0 fully saturated rings. The smallest absolute Gasteiger partial charge is 0.405 e. The molecule has 0 atom stereocenters. The number of carbonyl (C=O) groups excluding carboxylic acids is 1. The molecule has 0 heterocycles. The first-order valence-corrected chi connectivity index (χ1v) is 5.67. The van der Waals surface area contributed by atoms with E-state index in [-0.39, 0.29) is 17.8 Å². The van der Waals surface area contributed by atoms with E-state index in [1.807, 2.05) is 13.8 Å². The van der Waals surface area contributed by atoms with Gasteiger partial charge in [0.1, 0.15) is 5.75 Å². The topological polar surface area (TPSA) is 26.3 Å². The van der Waals surface area contributed by atoms with Gasteiger partial charge < -0.3 is 4.74 Å². The number of halogens is 3. The van der Waals surface area contributed by atoms with Crippen LogP contribution < -0.4 is 4.74 Å². The number of ketones is 1. The van der Waals surface area contributed by atoms with Gasteiger partial charge in [-0.1, -0.05) is 26.0 Å². The van der Waals surface area contributed by atoms with Crippen molar-refractivity contribution >= 4 is 5.78 Å². The van der Waals surface area contributed by atoms with Crippen molar-refractivity contribution < 1.29 is 22.7 Å². The number of rotatable bonds is 5. The third kappa shape index (κ3) is 4.77. The first-order chi connectivity index (χ1) is 8.29. The quantitative estimate of drug-likeness (QED) is 0.741. The highest BCUT2D eigenvalue weighted by atomic mass is 19.4. The number of Topliss-reactive ketones (excluding diaryl/α,β-unsaturated/α-hetero) is 1. The van der Waals surface area contributed by atoms with Gasteiger partial charge in [-0.25, -0.2) is 0 Å². The maximum absolute atomic E-state index is 12.2. The van der Waals surface area contributed by atoms with E-state index in [0.717, 1.165) is 6.07 Å². The normalized spacial score (nSPS) is 11.7. The largest absolute Gasteiger partial charge is 0.573 e. The second kappa shape index (κ2) is 5.89. The van der Waals surface area contributed by atoms with Crippen LogP contribution in [0.15, 0.2) is 24.3 Å². The lowest BCUT2D eigenvalue weighted by atomic mass is 10.0. The van der Waals surface area contributed by atoms with Gasteiger partial charge in [-0.2, -0.15) is 0 Å². The minimum atomic E-state index is -4.78. The Hall–Kier alpha value is -1.52. The fraction of sp³-hybridized carbons (Fsp3) is 0.462. The number of alkyl halides is 3. The summed E-state index contributed by atoms with van der Waals surface area (Å²) < 4.78 is 40.3. The Labute approximate surface area is 104 Å². The number of para-hydroxylation sites is 1. The van der Waals surface area contributed by atoms with E-state index in [9.17, 15) is 18.0 Å². The van der Waals surface area contributed by atoms with Crippen LogP contribution in [0.1, 0.15) is 37.0 Å². The van der Waals surface area contributed by atoms with Crippen LogP contribution in [0, 0.1) is 5.92 Å². The van der Waals surface area contributed by atoms with E-state index in [1.165, 1.54) is 18.2 Å². The van der Waals surface area contributed by atoms with Crippen molar-refractivity contribution in [2.75, 3.05) is 0 Å². The fourth-order valence-electron chi connectivity index (χ4n) is 1.47. The molecule has 1 aromatic carbocycles. The van der Waals surface area contributed by atoms with Crippen LogP contribution >= 0.6 is 0 Å². The second-order valence-electron chi connectivity index (χ2n) is 4.40. The predicted molar refractivity (Wildman–Crippen MR) is 61.5 cm³/mol. The fourth-order valence-corrected chi connectivity index (χ4v) is 1.47. The Balaban J connectivity index is 2.84. The van der Waals surface area contributed by atoms with E-state index >= 15 is 0 Å². The summed E-state index contributed by atoms with van der Waals surface area (Å²) in [6.45, 7) is 3.90. The summed E-state index contributed by atoms with van der Waals surface area (Å²) in [5.41, 5.74) is -0.0181. The summed E-state index contributed by atoms with van der Waals surface area (Å²) in [6, 6.07) is 5.42. The van der Waals surface area contributed by atoms with Crippen LogP contribution in [-0.2, 0) is 0 Å². The molecular weight excluding hydrogens is 245 g/mol. The maximum Gasteiger partial charge on any atom is 0.573 e. The molecule has 0 saturated carbocycles. The zero-order chi connectivity index (χ0) is 13.8. The highest BCUT2D eigenvalue weighted by Gasteiger charge is 2.32. The molecule has 0 aliphatic rings. The minimum absolute atomic E-state index is 0.0181. The van der Waals surface area contributed by atoms with E-state index < -0.39 is 12.1 Å². The SMILES string of the molecule is CC(C)CCC(=O)c1ccccc1OC(F)(F)F. The third-order valence-corrected chi connectivity index (χ3v) is 2.36. The molecule has 18 heavy (non-hydrogen) atoms. The Morgan fingerprint density at radius 1 is 1.28 bits per heavy atom. The predicted octanol–water partition coefficient (Wildman–Crippen LogP) is 4.20. The molecule has 0 aliphatic heterocycles. The zero-order valence-corrected chi connectivity index (χ0v) is 10.3. The third-order valence-electron chi connectivity index (χ3n) is 2.36. The average molecular weight is 260 g/mol. The van der Waals surface area contributed by atoms with Crippen LogP contribution in [0.4, 0.5) is 13.2 Å². The molecular formula is C13H15F3O2. The molecule has 0 aromatic heterocycles. The van der Waals surface area contributed by atoms with Gasteiger partial charge in [0.25, 0.3) is 0 Å². The Bertz CT molecular complexity index is 411. The van der Waals surface area contributed by atoms with Gasteiger partial charge in [-0.3, -0.25) is 4.79 Å². The Kier molecular flexibility index (Phi) is 4.76. The number of hydrogen-bond donors (Lipinski definition) is 0. The van der Waals surface area contributed by atoms with E-state index in [4.69, 9.17) is 0 Å². The monoisotopic (exact) mass is 260 g/mol. The van der Waals surface area contributed by atoms with Crippen molar-refractivity contribution in [2.24, 2.45) is 5.92 Å². The summed E-state index contributed by atoms with van der Waals surface area (Å²) in [5.74, 6) is -0.438. The van der Waals surface area contributed by atoms with Crippen LogP contribution in [0.5, 0.6) is 5.75 Å². The number of hydrogen-bond acceptors (Lipinski definition) is 2. The van der Waals surface area contributed by atoms with Crippen molar-refractivity contribution in [2.45, 2.75) is 33.1 Å². The van der Waals surface area contributed by atoms with Gasteiger partial charge in [-0.15, -0.1) is 13.2 Å². The van der Waals surface area contributed by atoms with Crippen LogP contribution in [0.25, 0.3) is 0 Å². The van der Waals surface area contributed by atoms with Gasteiger partial charge in [0, 0.05) is 6.42 Å². The summed E-state index contributed by atoms with van der Waals surface area (Å²) in [6.07, 6.45) is -3.93. The van der Waals surface area contributed by atoms with Crippen molar-refractivity contribution in [3.63, 3.8) is 0 Å². The lowest BCUT2D eigenvalue weighted by Crippen LogP contribution is -2.19. The standard InChI is InChI=1S/C13H15F3O2/c1-9(2)7-8-11(17)10-5-3-4-6-12(10)18-13(14,15)16/h3-6,9H,7-8H2,1-2H3. The highest BCUT2D eigenvalue weighted by molar-refractivity contribution is 5.98. The minimum Gasteiger partial charge on any atom is -0.405 e. The average Bonchev–Trinajstić information content (AvgIpc) is 2.24. The number of benzene rings is 1. The van der Waals surface area contributed by atoms with Gasteiger partial charge in [0.15, 0.2) is 5.78 Å². The van der Waals surface area contributed by atoms with Gasteiger partial charge >= 0.3 is 6.36 Å². The van der Waals surface area contributed by atoms with Crippen molar-refractivity contribution in [1.29, 1.82) is 0 Å². The molecule has 1 rings (SSSR count). The van der Waals surface area contributed by atoms with Gasteiger partial charge in [0.2, 0.25) is 0 Å². The van der Waals surface area contributed by atoms with E-state index in [2.05, 4.69) is 4.74 Å². The summed E-state index contributed by atoms with van der Waals surface area (Å²) in [5, 5.41) is 0. The molecule has 2 nitrogen and oxygen atoms in total. The Morgan fingerprint density at radius 2 is 1.89 bits per heavy atom. The molecule has 0 saturated heterocycles. The first kappa shape index (κ1) is 14.5. The summed E-state index contributed by atoms with van der Waals surface area (Å²) in [4.78, 5) is 11.8. The van der Waals surface area contributed by atoms with Gasteiger partial charge in [-0.05, 0) is 24.5 Å². The molecule has 0 aliphatic carbocycles. The summed E-state index contributed by atoms with van der Waals surface area (Å²) in [7, 11) is 0. The number of carbonyl (C=O) groups is 1. The lowest BCUT2D eigenvalue weighted by Gasteiger charge is -2.12. The van der Waals surface area contributed by atoms with Crippen molar-refractivity contribution in [1.82, 2.24) is 0 Å².